The topological polar surface area (TPSA) is 32.3 Å². The maximum absolute atomic E-state index is 10.1. The third-order valence-corrected chi connectivity index (χ3v) is 3.72. The molecule has 0 spiro atoms. The zero-order valence-electron chi connectivity index (χ0n) is 10.5. The SMILES string of the molecule is CCCC(O)C(CC)C1CCCC(C)N1. The summed E-state index contributed by atoms with van der Waals surface area (Å²) in [4.78, 5) is 0. The Morgan fingerprint density at radius 1 is 1.33 bits per heavy atom. The van der Waals surface area contributed by atoms with Crippen molar-refractivity contribution in [1.82, 2.24) is 5.32 Å². The van der Waals surface area contributed by atoms with Gasteiger partial charge >= 0.3 is 0 Å². The van der Waals surface area contributed by atoms with Crippen molar-refractivity contribution in [3.8, 4) is 0 Å². The van der Waals surface area contributed by atoms with Crippen molar-refractivity contribution in [3.05, 3.63) is 0 Å². The van der Waals surface area contributed by atoms with Crippen molar-refractivity contribution in [2.24, 2.45) is 5.92 Å². The Kier molecular flexibility index (Phi) is 5.62. The Morgan fingerprint density at radius 3 is 2.60 bits per heavy atom. The van der Waals surface area contributed by atoms with Crippen molar-refractivity contribution >= 4 is 0 Å². The summed E-state index contributed by atoms with van der Waals surface area (Å²) in [5.41, 5.74) is 0. The second kappa shape index (κ2) is 6.49. The van der Waals surface area contributed by atoms with Crippen LogP contribution in [-0.2, 0) is 0 Å². The van der Waals surface area contributed by atoms with E-state index in [0.29, 0.717) is 18.0 Å². The van der Waals surface area contributed by atoms with Crippen LogP contribution in [-0.4, -0.2) is 23.3 Å². The van der Waals surface area contributed by atoms with E-state index in [1.807, 2.05) is 0 Å². The summed E-state index contributed by atoms with van der Waals surface area (Å²) in [7, 11) is 0. The summed E-state index contributed by atoms with van der Waals surface area (Å²) in [5.74, 6) is 0.452. The molecular formula is C13H27NO. The minimum atomic E-state index is -0.109. The van der Waals surface area contributed by atoms with E-state index in [1.165, 1.54) is 19.3 Å². The van der Waals surface area contributed by atoms with Gasteiger partial charge in [0.15, 0.2) is 0 Å². The van der Waals surface area contributed by atoms with E-state index >= 15 is 0 Å². The zero-order chi connectivity index (χ0) is 11.3. The standard InChI is InChI=1S/C13H27NO/c1-4-7-13(15)11(5-2)12-9-6-8-10(3)14-12/h10-15H,4-9H2,1-3H3. The first-order valence-corrected chi connectivity index (χ1v) is 6.63. The molecule has 0 bridgehead atoms. The maximum Gasteiger partial charge on any atom is 0.0583 e. The van der Waals surface area contributed by atoms with Gasteiger partial charge in [-0.1, -0.05) is 26.7 Å². The lowest BCUT2D eigenvalue weighted by Crippen LogP contribution is -2.48. The molecule has 1 fully saturated rings. The molecule has 0 radical (unpaired) electrons. The van der Waals surface area contributed by atoms with Crippen LogP contribution in [0.1, 0.15) is 59.3 Å². The van der Waals surface area contributed by atoms with E-state index in [1.54, 1.807) is 0 Å². The second-order valence-electron chi connectivity index (χ2n) is 5.03. The van der Waals surface area contributed by atoms with Gasteiger partial charge in [-0.15, -0.1) is 0 Å². The van der Waals surface area contributed by atoms with Crippen molar-refractivity contribution < 1.29 is 5.11 Å². The lowest BCUT2D eigenvalue weighted by molar-refractivity contribution is 0.0615. The van der Waals surface area contributed by atoms with Gasteiger partial charge in [-0.25, -0.2) is 0 Å². The van der Waals surface area contributed by atoms with E-state index in [-0.39, 0.29) is 6.10 Å². The summed E-state index contributed by atoms with van der Waals surface area (Å²) in [6.45, 7) is 6.60. The molecule has 0 amide bonds. The molecule has 1 aliphatic rings. The van der Waals surface area contributed by atoms with Gasteiger partial charge in [-0.2, -0.15) is 0 Å². The first kappa shape index (κ1) is 13.0. The van der Waals surface area contributed by atoms with Crippen LogP contribution in [0.5, 0.6) is 0 Å². The molecule has 4 unspecified atom stereocenters. The Balaban J connectivity index is 2.48. The Hall–Kier alpha value is -0.0800. The highest BCUT2D eigenvalue weighted by molar-refractivity contribution is 4.86. The fourth-order valence-electron chi connectivity index (χ4n) is 2.85. The van der Waals surface area contributed by atoms with Gasteiger partial charge in [0.1, 0.15) is 0 Å². The molecule has 4 atom stereocenters. The van der Waals surface area contributed by atoms with Crippen LogP contribution in [0.4, 0.5) is 0 Å². The summed E-state index contributed by atoms with van der Waals surface area (Å²) >= 11 is 0. The van der Waals surface area contributed by atoms with E-state index in [9.17, 15) is 5.11 Å². The average Bonchev–Trinajstić information content (AvgIpc) is 2.19. The summed E-state index contributed by atoms with van der Waals surface area (Å²) in [6, 6.07) is 1.17. The highest BCUT2D eigenvalue weighted by atomic mass is 16.3. The van der Waals surface area contributed by atoms with Gasteiger partial charge < -0.3 is 10.4 Å². The normalized spacial score (nSPS) is 31.2. The molecule has 1 aliphatic heterocycles. The predicted octanol–water partition coefficient (Wildman–Crippen LogP) is 2.70. The first-order chi connectivity index (χ1) is 7.19. The highest BCUT2D eigenvalue weighted by Gasteiger charge is 2.29. The summed E-state index contributed by atoms with van der Waals surface area (Å²) < 4.78 is 0. The molecule has 1 heterocycles. The molecule has 0 aliphatic carbocycles. The molecule has 0 saturated carbocycles. The Morgan fingerprint density at radius 2 is 2.07 bits per heavy atom. The van der Waals surface area contributed by atoms with E-state index < -0.39 is 0 Å². The van der Waals surface area contributed by atoms with Crippen molar-refractivity contribution in [2.45, 2.75) is 77.5 Å². The Labute approximate surface area is 94.5 Å². The van der Waals surface area contributed by atoms with E-state index in [4.69, 9.17) is 0 Å². The van der Waals surface area contributed by atoms with E-state index in [2.05, 4.69) is 26.1 Å². The number of hydrogen-bond acceptors (Lipinski definition) is 2. The van der Waals surface area contributed by atoms with Crippen molar-refractivity contribution in [3.63, 3.8) is 0 Å². The first-order valence-electron chi connectivity index (χ1n) is 6.63. The van der Waals surface area contributed by atoms with Crippen molar-refractivity contribution in [2.75, 3.05) is 0 Å². The fraction of sp³-hybridized carbons (Fsp3) is 1.00. The van der Waals surface area contributed by atoms with Gasteiger partial charge in [0, 0.05) is 12.1 Å². The van der Waals surface area contributed by atoms with Crippen LogP contribution in [0.15, 0.2) is 0 Å². The molecular weight excluding hydrogens is 186 g/mol. The molecule has 2 N–H and O–H groups in total. The smallest absolute Gasteiger partial charge is 0.0583 e. The molecule has 0 aromatic heterocycles. The minimum absolute atomic E-state index is 0.109. The quantitative estimate of drug-likeness (QED) is 0.736. The van der Waals surface area contributed by atoms with Crippen LogP contribution in [0.3, 0.4) is 0 Å². The molecule has 2 nitrogen and oxygen atoms in total. The Bertz CT molecular complexity index is 172. The van der Waals surface area contributed by atoms with Gasteiger partial charge in [0.05, 0.1) is 6.10 Å². The number of aliphatic hydroxyl groups is 1. The molecule has 1 rings (SSSR count). The lowest BCUT2D eigenvalue weighted by atomic mass is 9.83. The molecule has 0 aromatic carbocycles. The molecule has 90 valence electrons. The molecule has 2 heteroatoms. The van der Waals surface area contributed by atoms with Crippen LogP contribution < -0.4 is 5.32 Å². The van der Waals surface area contributed by atoms with Crippen LogP contribution >= 0.6 is 0 Å². The molecule has 1 saturated heterocycles. The highest BCUT2D eigenvalue weighted by Crippen LogP contribution is 2.25. The number of aliphatic hydroxyl groups excluding tert-OH is 1. The summed E-state index contributed by atoms with van der Waals surface area (Å²) in [6.07, 6.45) is 6.85. The largest absolute Gasteiger partial charge is 0.393 e. The number of nitrogens with one attached hydrogen (secondary N) is 1. The predicted molar refractivity (Wildman–Crippen MR) is 64.9 cm³/mol. The van der Waals surface area contributed by atoms with Crippen LogP contribution in [0.25, 0.3) is 0 Å². The minimum Gasteiger partial charge on any atom is -0.393 e. The van der Waals surface area contributed by atoms with Crippen molar-refractivity contribution in [1.29, 1.82) is 0 Å². The molecule has 15 heavy (non-hydrogen) atoms. The maximum atomic E-state index is 10.1. The number of hydrogen-bond donors (Lipinski definition) is 2. The monoisotopic (exact) mass is 213 g/mol. The summed E-state index contributed by atoms with van der Waals surface area (Å²) in [5, 5.41) is 13.8. The number of rotatable bonds is 5. The third kappa shape index (κ3) is 3.76. The second-order valence-corrected chi connectivity index (χ2v) is 5.03. The molecule has 0 aromatic rings. The van der Waals surface area contributed by atoms with Crippen LogP contribution in [0, 0.1) is 5.92 Å². The van der Waals surface area contributed by atoms with Gasteiger partial charge in [-0.3, -0.25) is 0 Å². The lowest BCUT2D eigenvalue weighted by Gasteiger charge is -2.36. The number of piperidine rings is 1. The van der Waals surface area contributed by atoms with Crippen LogP contribution in [0.2, 0.25) is 0 Å². The zero-order valence-corrected chi connectivity index (χ0v) is 10.5. The fourth-order valence-corrected chi connectivity index (χ4v) is 2.85. The third-order valence-electron chi connectivity index (χ3n) is 3.72. The van der Waals surface area contributed by atoms with Gasteiger partial charge in [0.25, 0.3) is 0 Å². The van der Waals surface area contributed by atoms with Gasteiger partial charge in [-0.05, 0) is 38.5 Å². The average molecular weight is 213 g/mol. The van der Waals surface area contributed by atoms with E-state index in [0.717, 1.165) is 19.3 Å². The van der Waals surface area contributed by atoms with Gasteiger partial charge in [0.2, 0.25) is 0 Å².